The number of ether oxygens (including phenoxy) is 1. The van der Waals surface area contributed by atoms with Gasteiger partial charge in [-0.3, -0.25) is 9.59 Å². The molecule has 0 saturated carbocycles. The Morgan fingerprint density at radius 3 is 2.56 bits per heavy atom. The molecule has 25 heavy (non-hydrogen) atoms. The second-order valence-corrected chi connectivity index (χ2v) is 7.15. The van der Waals surface area contributed by atoms with E-state index in [4.69, 9.17) is 4.74 Å². The van der Waals surface area contributed by atoms with Crippen molar-refractivity contribution in [3.05, 3.63) is 35.6 Å². The number of morpholine rings is 1. The van der Waals surface area contributed by atoms with E-state index in [2.05, 4.69) is 0 Å². The molecule has 1 aromatic carbocycles. The highest BCUT2D eigenvalue weighted by Crippen LogP contribution is 2.37. The van der Waals surface area contributed by atoms with Gasteiger partial charge in [-0.1, -0.05) is 12.1 Å². The fourth-order valence-electron chi connectivity index (χ4n) is 4.04. The van der Waals surface area contributed by atoms with Crippen molar-refractivity contribution in [2.24, 2.45) is 5.92 Å². The molecule has 4 atom stereocenters. The Bertz CT molecular complexity index is 656. The lowest BCUT2D eigenvalue weighted by Gasteiger charge is -2.43. The lowest BCUT2D eigenvalue weighted by atomic mass is 9.83. The van der Waals surface area contributed by atoms with Crippen molar-refractivity contribution < 1.29 is 18.7 Å². The number of piperidine rings is 1. The Morgan fingerprint density at radius 2 is 1.92 bits per heavy atom. The highest BCUT2D eigenvalue weighted by atomic mass is 19.1. The Hall–Kier alpha value is -1.95. The van der Waals surface area contributed by atoms with Gasteiger partial charge in [0.1, 0.15) is 5.82 Å². The molecule has 136 valence electrons. The first-order valence-electron chi connectivity index (χ1n) is 8.82. The summed E-state index contributed by atoms with van der Waals surface area (Å²) in [5, 5.41) is 0. The van der Waals surface area contributed by atoms with Gasteiger partial charge < -0.3 is 14.5 Å². The van der Waals surface area contributed by atoms with Gasteiger partial charge in [0.2, 0.25) is 11.8 Å². The molecule has 2 aliphatic rings. The van der Waals surface area contributed by atoms with Gasteiger partial charge in [0, 0.05) is 26.6 Å². The quantitative estimate of drug-likeness (QED) is 0.824. The van der Waals surface area contributed by atoms with Crippen LogP contribution in [0, 0.1) is 11.7 Å². The van der Waals surface area contributed by atoms with Gasteiger partial charge >= 0.3 is 0 Å². The van der Waals surface area contributed by atoms with Crippen LogP contribution in [0.15, 0.2) is 24.3 Å². The van der Waals surface area contributed by atoms with Crippen LogP contribution in [0.3, 0.4) is 0 Å². The Labute approximate surface area is 147 Å². The third kappa shape index (κ3) is 3.68. The van der Waals surface area contributed by atoms with Crippen LogP contribution >= 0.6 is 0 Å². The van der Waals surface area contributed by atoms with E-state index in [9.17, 15) is 14.0 Å². The van der Waals surface area contributed by atoms with E-state index in [1.54, 1.807) is 24.1 Å². The normalized spacial score (nSPS) is 30.5. The summed E-state index contributed by atoms with van der Waals surface area (Å²) in [6.07, 6.45) is 0.809. The summed E-state index contributed by atoms with van der Waals surface area (Å²) >= 11 is 0. The third-order valence-corrected chi connectivity index (χ3v) is 5.10. The predicted octanol–water partition coefficient (Wildman–Crippen LogP) is 2.37. The Balaban J connectivity index is 1.89. The van der Waals surface area contributed by atoms with E-state index in [0.29, 0.717) is 31.5 Å². The van der Waals surface area contributed by atoms with E-state index >= 15 is 0 Å². The summed E-state index contributed by atoms with van der Waals surface area (Å²) < 4.78 is 19.4. The predicted molar refractivity (Wildman–Crippen MR) is 91.2 cm³/mol. The number of hydrogen-bond acceptors (Lipinski definition) is 3. The molecule has 2 aliphatic heterocycles. The highest BCUT2D eigenvalue weighted by Gasteiger charge is 2.41. The average Bonchev–Trinajstić information content (AvgIpc) is 2.55. The van der Waals surface area contributed by atoms with Crippen molar-refractivity contribution in [1.29, 1.82) is 0 Å². The molecule has 0 aromatic heterocycles. The second-order valence-electron chi connectivity index (χ2n) is 7.15. The van der Waals surface area contributed by atoms with Crippen LogP contribution in [0.1, 0.15) is 38.3 Å². The SMILES string of the molecule is C[C@@H]1CN(C(=O)[C@@H]2CCC(=O)N(C)[C@@H]2c2cccc(F)c2)C[C@@H](C)O1. The molecule has 2 saturated heterocycles. The first-order chi connectivity index (χ1) is 11.9. The molecule has 2 heterocycles. The fourth-order valence-corrected chi connectivity index (χ4v) is 4.04. The van der Waals surface area contributed by atoms with E-state index < -0.39 is 6.04 Å². The standard InChI is InChI=1S/C19H25FN2O3/c1-12-10-22(11-13(2)25-12)19(24)16-7-8-17(23)21(3)18(16)14-5-4-6-15(20)9-14/h4-6,9,12-13,16,18H,7-8,10-11H2,1-3H3/t12-,13-,16-,18-/m1/s1. The van der Waals surface area contributed by atoms with Gasteiger partial charge in [0.05, 0.1) is 24.2 Å². The highest BCUT2D eigenvalue weighted by molar-refractivity contribution is 5.85. The minimum atomic E-state index is -0.432. The van der Waals surface area contributed by atoms with Gasteiger partial charge in [0.15, 0.2) is 0 Å². The van der Waals surface area contributed by atoms with E-state index in [0.717, 1.165) is 0 Å². The average molecular weight is 348 g/mol. The van der Waals surface area contributed by atoms with Crippen LogP contribution in [-0.4, -0.2) is 54.0 Å². The number of halogens is 1. The molecule has 1 aromatic rings. The van der Waals surface area contributed by atoms with Crippen molar-refractivity contribution >= 4 is 11.8 Å². The molecule has 2 amide bonds. The molecule has 0 spiro atoms. The molecule has 2 fully saturated rings. The van der Waals surface area contributed by atoms with Crippen molar-refractivity contribution in [3.8, 4) is 0 Å². The fraction of sp³-hybridized carbons (Fsp3) is 0.579. The topological polar surface area (TPSA) is 49.9 Å². The zero-order valence-corrected chi connectivity index (χ0v) is 14.9. The maximum absolute atomic E-state index is 13.7. The summed E-state index contributed by atoms with van der Waals surface area (Å²) in [6, 6.07) is 5.77. The maximum Gasteiger partial charge on any atom is 0.228 e. The summed E-state index contributed by atoms with van der Waals surface area (Å²) in [7, 11) is 1.70. The summed E-state index contributed by atoms with van der Waals surface area (Å²) in [4.78, 5) is 28.8. The third-order valence-electron chi connectivity index (χ3n) is 5.10. The van der Waals surface area contributed by atoms with Gasteiger partial charge in [-0.2, -0.15) is 0 Å². The number of rotatable bonds is 2. The number of nitrogens with zero attached hydrogens (tertiary/aromatic N) is 2. The molecule has 3 rings (SSSR count). The summed E-state index contributed by atoms with van der Waals surface area (Å²) in [5.74, 6) is -0.705. The van der Waals surface area contributed by atoms with Gasteiger partial charge in [-0.15, -0.1) is 0 Å². The lowest BCUT2D eigenvalue weighted by Crippen LogP contribution is -2.53. The first kappa shape index (κ1) is 17.9. The maximum atomic E-state index is 13.7. The second kappa shape index (κ2) is 7.12. The molecule has 0 aliphatic carbocycles. The van der Waals surface area contributed by atoms with Crippen LogP contribution in [0.5, 0.6) is 0 Å². The molecule has 0 N–H and O–H groups in total. The van der Waals surface area contributed by atoms with Gasteiger partial charge in [0.25, 0.3) is 0 Å². The molecule has 0 bridgehead atoms. The van der Waals surface area contributed by atoms with Crippen LogP contribution in [0.2, 0.25) is 0 Å². The summed E-state index contributed by atoms with van der Waals surface area (Å²) in [5.41, 5.74) is 0.670. The number of amides is 2. The van der Waals surface area contributed by atoms with Crippen LogP contribution < -0.4 is 0 Å². The molecule has 0 radical (unpaired) electrons. The van der Waals surface area contributed by atoms with Gasteiger partial charge in [-0.25, -0.2) is 4.39 Å². The van der Waals surface area contributed by atoms with Crippen molar-refractivity contribution in [1.82, 2.24) is 9.80 Å². The lowest BCUT2D eigenvalue weighted by molar-refractivity contribution is -0.154. The zero-order chi connectivity index (χ0) is 18.1. The first-order valence-corrected chi connectivity index (χ1v) is 8.82. The van der Waals surface area contributed by atoms with E-state index in [1.807, 2.05) is 18.7 Å². The Morgan fingerprint density at radius 1 is 1.24 bits per heavy atom. The largest absolute Gasteiger partial charge is 0.372 e. The molecular weight excluding hydrogens is 323 g/mol. The zero-order valence-electron chi connectivity index (χ0n) is 14.9. The molecule has 6 heteroatoms. The molecule has 5 nitrogen and oxygen atoms in total. The van der Waals surface area contributed by atoms with E-state index in [-0.39, 0.29) is 35.8 Å². The number of carbonyl (C=O) groups excluding carboxylic acids is 2. The van der Waals surface area contributed by atoms with Crippen molar-refractivity contribution in [2.75, 3.05) is 20.1 Å². The van der Waals surface area contributed by atoms with Crippen molar-refractivity contribution in [3.63, 3.8) is 0 Å². The molecule has 0 unspecified atom stereocenters. The smallest absolute Gasteiger partial charge is 0.228 e. The van der Waals surface area contributed by atoms with Crippen molar-refractivity contribution in [2.45, 2.75) is 44.9 Å². The van der Waals surface area contributed by atoms with Crippen LogP contribution in [-0.2, 0) is 14.3 Å². The van der Waals surface area contributed by atoms with Gasteiger partial charge in [-0.05, 0) is 38.0 Å². The number of hydrogen-bond donors (Lipinski definition) is 0. The summed E-state index contributed by atoms with van der Waals surface area (Å²) in [6.45, 7) is 5.01. The number of benzene rings is 1. The van der Waals surface area contributed by atoms with Crippen LogP contribution in [0.25, 0.3) is 0 Å². The molecular formula is C19H25FN2O3. The number of carbonyl (C=O) groups is 2. The monoisotopic (exact) mass is 348 g/mol. The minimum absolute atomic E-state index is 0.0109. The minimum Gasteiger partial charge on any atom is -0.372 e. The number of likely N-dealkylation sites (tertiary alicyclic amines) is 1. The Kier molecular flexibility index (Phi) is 5.08. The van der Waals surface area contributed by atoms with E-state index in [1.165, 1.54) is 12.1 Å². The van der Waals surface area contributed by atoms with Crippen LogP contribution in [0.4, 0.5) is 4.39 Å².